The highest BCUT2D eigenvalue weighted by Crippen LogP contribution is 2.20. The Morgan fingerprint density at radius 3 is 2.35 bits per heavy atom. The zero-order chi connectivity index (χ0) is 15.4. The molecule has 8 heteroatoms. The van der Waals surface area contributed by atoms with Gasteiger partial charge >= 0.3 is 5.97 Å². The molecule has 1 heterocycles. The summed E-state index contributed by atoms with van der Waals surface area (Å²) < 4.78 is 9.76. The first-order valence-corrected chi connectivity index (χ1v) is 6.54. The molecule has 0 aliphatic carbocycles. The standard InChI is InChI=1S/C12H23NO7/c1-5(2)3-6(13)11(17)19-4-7-8(14)9(15)10(16)12(18)20-7/h5-10,12,14-16,18H,3-4,13H2,1-2H3/t6-,7+,8+,9-,10+,12?/m0/s1. The minimum Gasteiger partial charge on any atom is -0.462 e. The topological polar surface area (TPSA) is 142 Å². The van der Waals surface area contributed by atoms with E-state index < -0.39 is 42.7 Å². The van der Waals surface area contributed by atoms with Gasteiger partial charge in [0.05, 0.1) is 0 Å². The minimum atomic E-state index is -1.65. The van der Waals surface area contributed by atoms with Crippen LogP contribution in [-0.2, 0) is 14.3 Å². The Bertz CT molecular complexity index is 325. The van der Waals surface area contributed by atoms with Crippen molar-refractivity contribution in [2.45, 2.75) is 57.0 Å². The van der Waals surface area contributed by atoms with Crippen molar-refractivity contribution in [1.82, 2.24) is 0 Å². The molecule has 1 aliphatic rings. The fourth-order valence-corrected chi connectivity index (χ4v) is 1.94. The summed E-state index contributed by atoms with van der Waals surface area (Å²) in [4.78, 5) is 11.6. The van der Waals surface area contributed by atoms with Crippen molar-refractivity contribution in [3.8, 4) is 0 Å². The molecule has 1 saturated heterocycles. The number of nitrogens with two attached hydrogens (primary N) is 1. The van der Waals surface area contributed by atoms with Gasteiger partial charge in [-0.05, 0) is 12.3 Å². The maximum Gasteiger partial charge on any atom is 0.323 e. The van der Waals surface area contributed by atoms with Crippen molar-refractivity contribution < 1.29 is 34.7 Å². The van der Waals surface area contributed by atoms with E-state index in [0.29, 0.717) is 6.42 Å². The highest BCUT2D eigenvalue weighted by Gasteiger charge is 2.43. The van der Waals surface area contributed by atoms with Gasteiger partial charge in [0.2, 0.25) is 0 Å². The van der Waals surface area contributed by atoms with Crippen LogP contribution in [0.1, 0.15) is 20.3 Å². The lowest BCUT2D eigenvalue weighted by atomic mass is 9.99. The molecule has 1 fully saturated rings. The molecular formula is C12H23NO7. The third kappa shape index (κ3) is 4.37. The Balaban J connectivity index is 2.46. The van der Waals surface area contributed by atoms with Gasteiger partial charge in [-0.1, -0.05) is 13.8 Å². The molecule has 6 N–H and O–H groups in total. The van der Waals surface area contributed by atoms with Crippen molar-refractivity contribution in [3.63, 3.8) is 0 Å². The lowest BCUT2D eigenvalue weighted by Gasteiger charge is -2.38. The predicted octanol–water partition coefficient (Wildman–Crippen LogP) is -2.30. The van der Waals surface area contributed by atoms with Crippen LogP contribution in [0.3, 0.4) is 0 Å². The zero-order valence-corrected chi connectivity index (χ0v) is 11.5. The van der Waals surface area contributed by atoms with Crippen LogP contribution in [0.25, 0.3) is 0 Å². The van der Waals surface area contributed by atoms with E-state index in [9.17, 15) is 25.2 Å². The summed E-state index contributed by atoms with van der Waals surface area (Å²) in [7, 11) is 0. The van der Waals surface area contributed by atoms with Crippen molar-refractivity contribution in [1.29, 1.82) is 0 Å². The summed E-state index contributed by atoms with van der Waals surface area (Å²) in [5, 5.41) is 37.7. The Morgan fingerprint density at radius 1 is 1.20 bits per heavy atom. The maximum absolute atomic E-state index is 11.6. The van der Waals surface area contributed by atoms with Crippen molar-refractivity contribution in [2.24, 2.45) is 11.7 Å². The van der Waals surface area contributed by atoms with Crippen LogP contribution >= 0.6 is 0 Å². The minimum absolute atomic E-state index is 0.230. The second-order valence-corrected chi connectivity index (χ2v) is 5.40. The van der Waals surface area contributed by atoms with E-state index in [-0.39, 0.29) is 12.5 Å². The van der Waals surface area contributed by atoms with Gasteiger partial charge in [-0.3, -0.25) is 4.79 Å². The Labute approximate surface area is 117 Å². The van der Waals surface area contributed by atoms with Crippen molar-refractivity contribution >= 4 is 5.97 Å². The molecule has 0 amide bonds. The molecule has 0 spiro atoms. The molecule has 1 aliphatic heterocycles. The number of ether oxygens (including phenoxy) is 2. The summed E-state index contributed by atoms with van der Waals surface area (Å²) >= 11 is 0. The predicted molar refractivity (Wildman–Crippen MR) is 67.3 cm³/mol. The first kappa shape index (κ1) is 17.3. The molecular weight excluding hydrogens is 270 g/mol. The molecule has 0 aromatic carbocycles. The van der Waals surface area contributed by atoms with Gasteiger partial charge in [0.15, 0.2) is 6.29 Å². The second-order valence-electron chi connectivity index (χ2n) is 5.40. The first-order chi connectivity index (χ1) is 9.23. The van der Waals surface area contributed by atoms with Crippen molar-refractivity contribution in [2.75, 3.05) is 6.61 Å². The van der Waals surface area contributed by atoms with Crippen LogP contribution in [0.15, 0.2) is 0 Å². The van der Waals surface area contributed by atoms with E-state index in [4.69, 9.17) is 15.2 Å². The van der Waals surface area contributed by atoms with E-state index in [2.05, 4.69) is 0 Å². The van der Waals surface area contributed by atoms with Crippen LogP contribution in [-0.4, -0.2) is 69.8 Å². The fraction of sp³-hybridized carbons (Fsp3) is 0.917. The average molecular weight is 293 g/mol. The van der Waals surface area contributed by atoms with Gasteiger partial charge in [0.25, 0.3) is 0 Å². The number of hydrogen-bond acceptors (Lipinski definition) is 8. The monoisotopic (exact) mass is 293 g/mol. The SMILES string of the molecule is CC(C)C[C@H](N)C(=O)OC[C@H]1OC(O)[C@H](O)[C@@H](O)[C@@H]1O. The summed E-state index contributed by atoms with van der Waals surface area (Å²) in [5.74, 6) is -0.419. The van der Waals surface area contributed by atoms with Gasteiger partial charge in [-0.25, -0.2) is 0 Å². The van der Waals surface area contributed by atoms with Gasteiger partial charge < -0.3 is 35.6 Å². The molecule has 118 valence electrons. The Kier molecular flexibility index (Phi) is 6.31. The molecule has 1 unspecified atom stereocenters. The summed E-state index contributed by atoms with van der Waals surface area (Å²) in [6.45, 7) is 3.46. The zero-order valence-electron chi connectivity index (χ0n) is 11.5. The number of carbonyl (C=O) groups excluding carboxylic acids is 1. The largest absolute Gasteiger partial charge is 0.462 e. The molecule has 0 saturated carbocycles. The molecule has 20 heavy (non-hydrogen) atoms. The molecule has 0 bridgehead atoms. The number of aliphatic hydroxyl groups excluding tert-OH is 4. The number of carbonyl (C=O) groups is 1. The molecule has 8 nitrogen and oxygen atoms in total. The second kappa shape index (κ2) is 7.30. The van der Waals surface area contributed by atoms with E-state index in [1.807, 2.05) is 13.8 Å². The molecule has 0 radical (unpaired) electrons. The highest BCUT2D eigenvalue weighted by atomic mass is 16.6. The summed E-state index contributed by atoms with van der Waals surface area (Å²) in [6.07, 6.45) is -6.98. The molecule has 0 aromatic rings. The van der Waals surface area contributed by atoms with E-state index in [1.54, 1.807) is 0 Å². The van der Waals surface area contributed by atoms with Crippen LogP contribution in [0.2, 0.25) is 0 Å². The molecule has 1 rings (SSSR count). The average Bonchev–Trinajstić information content (AvgIpc) is 2.37. The smallest absolute Gasteiger partial charge is 0.323 e. The fourth-order valence-electron chi connectivity index (χ4n) is 1.94. The van der Waals surface area contributed by atoms with Gasteiger partial charge in [0, 0.05) is 0 Å². The van der Waals surface area contributed by atoms with Crippen molar-refractivity contribution in [3.05, 3.63) is 0 Å². The van der Waals surface area contributed by atoms with Crippen LogP contribution in [0.5, 0.6) is 0 Å². The number of rotatable bonds is 5. The lowest BCUT2D eigenvalue weighted by molar-refractivity contribution is -0.287. The summed E-state index contributed by atoms with van der Waals surface area (Å²) in [6, 6.07) is -0.781. The first-order valence-electron chi connectivity index (χ1n) is 6.54. The van der Waals surface area contributed by atoms with Gasteiger partial charge in [0.1, 0.15) is 37.1 Å². The van der Waals surface area contributed by atoms with E-state index in [0.717, 1.165) is 0 Å². The third-order valence-electron chi connectivity index (χ3n) is 3.11. The number of esters is 1. The van der Waals surface area contributed by atoms with Crippen LogP contribution < -0.4 is 5.73 Å². The normalized spacial score (nSPS) is 35.9. The number of aliphatic hydroxyl groups is 4. The lowest BCUT2D eigenvalue weighted by Crippen LogP contribution is -2.58. The summed E-state index contributed by atoms with van der Waals surface area (Å²) in [5.41, 5.74) is 5.63. The number of hydrogen-bond donors (Lipinski definition) is 5. The third-order valence-corrected chi connectivity index (χ3v) is 3.11. The van der Waals surface area contributed by atoms with Gasteiger partial charge in [-0.15, -0.1) is 0 Å². The molecule has 0 aromatic heterocycles. The van der Waals surface area contributed by atoms with E-state index >= 15 is 0 Å². The van der Waals surface area contributed by atoms with E-state index in [1.165, 1.54) is 0 Å². The maximum atomic E-state index is 11.6. The van der Waals surface area contributed by atoms with Crippen LogP contribution in [0.4, 0.5) is 0 Å². The highest BCUT2D eigenvalue weighted by molar-refractivity contribution is 5.75. The Morgan fingerprint density at radius 2 is 1.80 bits per heavy atom. The Hall–Kier alpha value is -0.770. The molecule has 6 atom stereocenters. The quantitative estimate of drug-likeness (QED) is 0.356. The van der Waals surface area contributed by atoms with Gasteiger partial charge in [-0.2, -0.15) is 0 Å². The van der Waals surface area contributed by atoms with Crippen LogP contribution in [0, 0.1) is 5.92 Å².